The second-order valence-electron chi connectivity index (χ2n) is 6.72. The number of aromatic nitrogens is 3. The molecule has 148 valence electrons. The van der Waals surface area contributed by atoms with Crippen molar-refractivity contribution < 1.29 is 14.3 Å². The molecule has 4 rings (SSSR count). The number of halogens is 1. The smallest absolute Gasteiger partial charge is 0.338 e. The Kier molecular flexibility index (Phi) is 4.75. The van der Waals surface area contributed by atoms with Gasteiger partial charge in [0.25, 0.3) is 5.91 Å². The Balaban J connectivity index is 1.44. The summed E-state index contributed by atoms with van der Waals surface area (Å²) < 4.78 is 5.74. The fourth-order valence-corrected chi connectivity index (χ4v) is 3.58. The summed E-state index contributed by atoms with van der Waals surface area (Å²) in [7, 11) is 0. The Hall–Kier alpha value is -3.33. The molecular weight excluding hydrogens is 440 g/mol. The third-order valence-electron chi connectivity index (χ3n) is 4.76. The maximum Gasteiger partial charge on any atom is 0.338 e. The van der Waals surface area contributed by atoms with Crippen LogP contribution in [0.3, 0.4) is 0 Å². The fourth-order valence-electron chi connectivity index (χ4n) is 3.14. The number of carbonyl (C=O) groups excluding carboxylic acids is 2. The number of aryl methyl sites for hydroxylation is 2. The molecule has 4 N–H and O–H groups in total. The number of benzene rings is 2. The number of imidazole rings is 1. The highest BCUT2D eigenvalue weighted by atomic mass is 79.9. The maximum absolute atomic E-state index is 12.3. The van der Waals surface area contributed by atoms with E-state index < -0.39 is 18.5 Å². The van der Waals surface area contributed by atoms with Gasteiger partial charge >= 0.3 is 11.7 Å². The molecule has 0 fully saturated rings. The summed E-state index contributed by atoms with van der Waals surface area (Å²) in [5.41, 5.74) is 4.69. The number of esters is 1. The standard InChI is InChI=1S/C20H17BrN4O4/c1-9-10(2)22-14-4-3-11(5-12(9)14)19(27)29-8-18(26)23-15-7-17-16(6-13(15)21)24-20(28)25-17/h3-7,22H,8H2,1-2H3,(H,23,26)(H2,24,25,28). The first-order valence-electron chi connectivity index (χ1n) is 8.79. The van der Waals surface area contributed by atoms with Gasteiger partial charge in [0.15, 0.2) is 6.61 Å². The molecule has 9 heteroatoms. The molecule has 0 spiro atoms. The van der Waals surface area contributed by atoms with Crippen LogP contribution in [0.15, 0.2) is 39.6 Å². The van der Waals surface area contributed by atoms with Crippen LogP contribution < -0.4 is 11.0 Å². The monoisotopic (exact) mass is 456 g/mol. The Morgan fingerprint density at radius 3 is 2.52 bits per heavy atom. The van der Waals surface area contributed by atoms with Crippen molar-refractivity contribution in [3.63, 3.8) is 0 Å². The Morgan fingerprint density at radius 2 is 1.76 bits per heavy atom. The number of amides is 1. The van der Waals surface area contributed by atoms with Crippen molar-refractivity contribution in [3.8, 4) is 0 Å². The minimum Gasteiger partial charge on any atom is -0.452 e. The van der Waals surface area contributed by atoms with Crippen molar-refractivity contribution in [1.29, 1.82) is 0 Å². The van der Waals surface area contributed by atoms with Gasteiger partial charge in [-0.05, 0) is 65.7 Å². The number of hydrogen-bond acceptors (Lipinski definition) is 4. The van der Waals surface area contributed by atoms with Crippen LogP contribution in [0.25, 0.3) is 21.9 Å². The molecule has 0 unspecified atom stereocenters. The van der Waals surface area contributed by atoms with Gasteiger partial charge in [-0.2, -0.15) is 0 Å². The summed E-state index contributed by atoms with van der Waals surface area (Å²) in [6, 6.07) is 8.51. The molecule has 0 bridgehead atoms. The van der Waals surface area contributed by atoms with Crippen LogP contribution in [-0.4, -0.2) is 33.4 Å². The highest BCUT2D eigenvalue weighted by Crippen LogP contribution is 2.26. The summed E-state index contributed by atoms with van der Waals surface area (Å²) in [6.07, 6.45) is 0. The van der Waals surface area contributed by atoms with Gasteiger partial charge in [-0.15, -0.1) is 0 Å². The molecule has 0 saturated carbocycles. The summed E-state index contributed by atoms with van der Waals surface area (Å²) in [4.78, 5) is 44.4. The van der Waals surface area contributed by atoms with Gasteiger partial charge in [-0.25, -0.2) is 9.59 Å². The van der Waals surface area contributed by atoms with Crippen LogP contribution in [0, 0.1) is 13.8 Å². The van der Waals surface area contributed by atoms with E-state index in [0.29, 0.717) is 26.8 Å². The molecule has 2 heterocycles. The topological polar surface area (TPSA) is 120 Å². The van der Waals surface area contributed by atoms with Gasteiger partial charge in [0.05, 0.1) is 22.3 Å². The highest BCUT2D eigenvalue weighted by molar-refractivity contribution is 9.10. The number of nitrogens with one attached hydrogen (secondary N) is 4. The van der Waals surface area contributed by atoms with Gasteiger partial charge in [-0.3, -0.25) is 4.79 Å². The van der Waals surface area contributed by atoms with Crippen LogP contribution in [0.1, 0.15) is 21.6 Å². The number of fused-ring (bicyclic) bond motifs is 2. The normalized spacial score (nSPS) is 11.1. The first kappa shape index (κ1) is 19.0. The van der Waals surface area contributed by atoms with E-state index >= 15 is 0 Å². The van der Waals surface area contributed by atoms with Crippen LogP contribution in [0.5, 0.6) is 0 Å². The highest BCUT2D eigenvalue weighted by Gasteiger charge is 2.14. The first-order valence-corrected chi connectivity index (χ1v) is 9.58. The van der Waals surface area contributed by atoms with E-state index in [9.17, 15) is 14.4 Å². The second kappa shape index (κ2) is 7.25. The molecule has 0 saturated heterocycles. The Bertz CT molecular complexity index is 1330. The zero-order valence-corrected chi connectivity index (χ0v) is 17.2. The minimum absolute atomic E-state index is 0.339. The van der Waals surface area contributed by atoms with Gasteiger partial charge in [0.2, 0.25) is 0 Å². The summed E-state index contributed by atoms with van der Waals surface area (Å²) in [5.74, 6) is -1.07. The molecule has 0 atom stereocenters. The molecule has 0 aliphatic carbocycles. The van der Waals surface area contributed by atoms with E-state index in [2.05, 4.69) is 36.2 Å². The number of anilines is 1. The summed E-state index contributed by atoms with van der Waals surface area (Å²) in [5, 5.41) is 3.60. The molecule has 2 aromatic heterocycles. The molecule has 2 aromatic carbocycles. The zero-order chi connectivity index (χ0) is 20.7. The van der Waals surface area contributed by atoms with Gasteiger partial charge in [0, 0.05) is 21.1 Å². The number of H-pyrrole nitrogens is 3. The fraction of sp³-hybridized carbons (Fsp3) is 0.150. The van der Waals surface area contributed by atoms with E-state index in [4.69, 9.17) is 4.74 Å². The molecule has 4 aromatic rings. The van der Waals surface area contributed by atoms with Crippen molar-refractivity contribution in [1.82, 2.24) is 15.0 Å². The van der Waals surface area contributed by atoms with Gasteiger partial charge < -0.3 is 25.0 Å². The van der Waals surface area contributed by atoms with Crippen LogP contribution in [0.2, 0.25) is 0 Å². The maximum atomic E-state index is 12.3. The predicted molar refractivity (Wildman–Crippen MR) is 113 cm³/mol. The number of rotatable bonds is 4. The third kappa shape index (κ3) is 3.68. The number of carbonyl (C=O) groups is 2. The van der Waals surface area contributed by atoms with E-state index in [1.54, 1.807) is 24.3 Å². The van der Waals surface area contributed by atoms with Crippen LogP contribution >= 0.6 is 15.9 Å². The van der Waals surface area contributed by atoms with Crippen molar-refractivity contribution in [2.75, 3.05) is 11.9 Å². The molecule has 0 aliphatic heterocycles. The Morgan fingerprint density at radius 1 is 1.03 bits per heavy atom. The van der Waals surface area contributed by atoms with Crippen molar-refractivity contribution in [2.45, 2.75) is 13.8 Å². The van der Waals surface area contributed by atoms with Gasteiger partial charge in [0.1, 0.15) is 0 Å². The first-order chi connectivity index (χ1) is 13.8. The zero-order valence-electron chi connectivity index (χ0n) is 15.6. The van der Waals surface area contributed by atoms with Gasteiger partial charge in [-0.1, -0.05) is 0 Å². The lowest BCUT2D eigenvalue weighted by molar-refractivity contribution is -0.119. The quantitative estimate of drug-likeness (QED) is 0.351. The number of aromatic amines is 3. The average Bonchev–Trinajstić information content (AvgIpc) is 3.18. The van der Waals surface area contributed by atoms with E-state index in [-0.39, 0.29) is 5.69 Å². The SMILES string of the molecule is Cc1[nH]c2ccc(C(=O)OCC(=O)Nc3cc4[nH]c(=O)[nH]c4cc3Br)cc2c1C. The lowest BCUT2D eigenvalue weighted by Crippen LogP contribution is -2.21. The number of ether oxygens (including phenoxy) is 1. The molecule has 8 nitrogen and oxygen atoms in total. The van der Waals surface area contributed by atoms with Crippen molar-refractivity contribution >= 4 is 55.4 Å². The lowest BCUT2D eigenvalue weighted by Gasteiger charge is -2.09. The van der Waals surface area contributed by atoms with Crippen molar-refractivity contribution in [2.24, 2.45) is 0 Å². The third-order valence-corrected chi connectivity index (χ3v) is 5.41. The minimum atomic E-state index is -0.579. The van der Waals surface area contributed by atoms with Crippen molar-refractivity contribution in [3.05, 3.63) is 62.1 Å². The second-order valence-corrected chi connectivity index (χ2v) is 7.57. The van der Waals surface area contributed by atoms with E-state index in [1.165, 1.54) is 0 Å². The molecular formula is C20H17BrN4O4. The molecule has 1 amide bonds. The Labute approximate surface area is 172 Å². The summed E-state index contributed by atoms with van der Waals surface area (Å²) in [6.45, 7) is 3.51. The average molecular weight is 457 g/mol. The number of hydrogen-bond donors (Lipinski definition) is 4. The largest absolute Gasteiger partial charge is 0.452 e. The van der Waals surface area contributed by atoms with E-state index in [0.717, 1.165) is 22.2 Å². The van der Waals surface area contributed by atoms with E-state index in [1.807, 2.05) is 19.9 Å². The molecule has 0 aliphatic rings. The van der Waals surface area contributed by atoms with Crippen LogP contribution in [-0.2, 0) is 9.53 Å². The lowest BCUT2D eigenvalue weighted by atomic mass is 10.1. The predicted octanol–water partition coefficient (Wildman–Crippen LogP) is 3.51. The molecule has 29 heavy (non-hydrogen) atoms. The van der Waals surface area contributed by atoms with Crippen LogP contribution in [0.4, 0.5) is 5.69 Å². The molecule has 0 radical (unpaired) electrons. The summed E-state index contributed by atoms with van der Waals surface area (Å²) >= 11 is 3.34.